The summed E-state index contributed by atoms with van der Waals surface area (Å²) in [6.07, 6.45) is -6.98. The fraction of sp³-hybridized carbons (Fsp3) is 0.524. The van der Waals surface area contributed by atoms with Gasteiger partial charge in [0.1, 0.15) is 17.0 Å². The summed E-state index contributed by atoms with van der Waals surface area (Å²) in [6, 6.07) is 0. The van der Waals surface area contributed by atoms with Crippen molar-refractivity contribution in [2.45, 2.75) is 57.5 Å². The second-order valence-electron chi connectivity index (χ2n) is 9.31. The first-order chi connectivity index (χ1) is 17.9. The first-order valence-corrected chi connectivity index (χ1v) is 11.2. The zero-order valence-electron chi connectivity index (χ0n) is 20.6. The standard InChI is InChI=1S/C16H20F3N5O3.C5H3F3N2O2/c1-15(2,3)26-14(25)24-6-4-5-9(8-24)11-22-13(27-23-11)12-20-7-10(21-12)16(17,18)19;6-5(7,8)2-1-9-3(10-2)4(11)12/h7,9H,4-6,8H2,1-3H3,(H,20,21);1H,(H,9,10)(H,11,12)/t9-;/m0./s1. The number of likely N-dealkylation sites (tertiary alicyclic amines) is 1. The molecule has 4 rings (SSSR count). The number of H-pyrrole nitrogens is 2. The van der Waals surface area contributed by atoms with Gasteiger partial charge in [-0.15, -0.1) is 0 Å². The summed E-state index contributed by atoms with van der Waals surface area (Å²) in [4.78, 5) is 38.4. The average Bonchev–Trinajstić information content (AvgIpc) is 3.58. The molecule has 0 unspecified atom stereocenters. The number of carboxylic acid groups (broad SMARTS) is 1. The van der Waals surface area contributed by atoms with Crippen molar-refractivity contribution in [1.29, 1.82) is 0 Å². The normalized spacial score (nSPS) is 16.4. The molecule has 12 nitrogen and oxygen atoms in total. The number of nitrogens with one attached hydrogen (secondary N) is 2. The van der Waals surface area contributed by atoms with E-state index in [2.05, 4.69) is 25.1 Å². The van der Waals surface area contributed by atoms with Gasteiger partial charge in [0, 0.05) is 19.0 Å². The van der Waals surface area contributed by atoms with Crippen LogP contribution in [0, 0.1) is 0 Å². The lowest BCUT2D eigenvalue weighted by Gasteiger charge is -2.32. The Kier molecular flexibility index (Phi) is 8.25. The van der Waals surface area contributed by atoms with Gasteiger partial charge in [0.25, 0.3) is 5.89 Å². The van der Waals surface area contributed by atoms with Crippen molar-refractivity contribution in [2.75, 3.05) is 13.1 Å². The van der Waals surface area contributed by atoms with Crippen LogP contribution in [-0.4, -0.2) is 70.8 Å². The molecule has 0 bridgehead atoms. The topological polar surface area (TPSA) is 163 Å². The summed E-state index contributed by atoms with van der Waals surface area (Å²) in [5.41, 5.74) is -2.76. The smallest absolute Gasteiger partial charge is 0.432 e. The molecule has 3 aromatic heterocycles. The van der Waals surface area contributed by atoms with Crippen LogP contribution in [0.2, 0.25) is 0 Å². The van der Waals surface area contributed by atoms with Gasteiger partial charge in [-0.1, -0.05) is 5.16 Å². The second kappa shape index (κ2) is 10.9. The zero-order chi connectivity index (χ0) is 29.2. The number of ether oxygens (including phenoxy) is 1. The Bertz CT molecular complexity index is 1290. The van der Waals surface area contributed by atoms with E-state index in [0.29, 0.717) is 31.3 Å². The maximum absolute atomic E-state index is 12.7. The highest BCUT2D eigenvalue weighted by Gasteiger charge is 2.35. The van der Waals surface area contributed by atoms with E-state index in [1.807, 2.05) is 0 Å². The largest absolute Gasteiger partial charge is 0.475 e. The summed E-state index contributed by atoms with van der Waals surface area (Å²) < 4.78 is 83.8. The number of hydrogen-bond donors (Lipinski definition) is 3. The molecule has 1 amide bonds. The maximum Gasteiger partial charge on any atom is 0.432 e. The monoisotopic (exact) mass is 567 g/mol. The molecule has 1 saturated heterocycles. The van der Waals surface area contributed by atoms with E-state index in [9.17, 15) is 35.9 Å². The van der Waals surface area contributed by atoms with Crippen LogP contribution in [0.1, 0.15) is 67.4 Å². The molecule has 1 fully saturated rings. The number of aromatic amines is 2. The maximum atomic E-state index is 12.7. The number of carbonyl (C=O) groups excluding carboxylic acids is 1. The quantitative estimate of drug-likeness (QED) is 0.380. The third kappa shape index (κ3) is 7.93. The molecule has 0 radical (unpaired) electrons. The first kappa shape index (κ1) is 29.4. The number of piperidine rings is 1. The molecule has 214 valence electrons. The minimum Gasteiger partial charge on any atom is -0.475 e. The van der Waals surface area contributed by atoms with Gasteiger partial charge in [0.15, 0.2) is 11.6 Å². The van der Waals surface area contributed by atoms with E-state index < -0.39 is 47.2 Å². The first-order valence-electron chi connectivity index (χ1n) is 11.2. The number of aromatic nitrogens is 6. The summed E-state index contributed by atoms with van der Waals surface area (Å²) >= 11 is 0. The highest BCUT2D eigenvalue weighted by molar-refractivity contribution is 5.83. The van der Waals surface area contributed by atoms with Crippen LogP contribution in [0.4, 0.5) is 31.1 Å². The highest BCUT2D eigenvalue weighted by Crippen LogP contribution is 2.31. The van der Waals surface area contributed by atoms with Crippen LogP contribution in [0.15, 0.2) is 16.9 Å². The molecule has 1 aliphatic heterocycles. The van der Waals surface area contributed by atoms with E-state index in [1.54, 1.807) is 30.7 Å². The second-order valence-corrected chi connectivity index (χ2v) is 9.31. The van der Waals surface area contributed by atoms with Gasteiger partial charge in [-0.2, -0.15) is 31.3 Å². The number of halogens is 6. The van der Waals surface area contributed by atoms with Gasteiger partial charge >= 0.3 is 24.4 Å². The molecule has 18 heteroatoms. The van der Waals surface area contributed by atoms with Crippen molar-refractivity contribution in [3.8, 4) is 11.7 Å². The lowest BCUT2D eigenvalue weighted by atomic mass is 9.98. The number of hydrogen-bond acceptors (Lipinski definition) is 8. The van der Waals surface area contributed by atoms with E-state index in [0.717, 1.165) is 12.8 Å². The third-order valence-corrected chi connectivity index (χ3v) is 5.05. The molecule has 0 saturated carbocycles. The van der Waals surface area contributed by atoms with Crippen LogP contribution in [-0.2, 0) is 17.1 Å². The van der Waals surface area contributed by atoms with Crippen LogP contribution in [0.3, 0.4) is 0 Å². The van der Waals surface area contributed by atoms with E-state index in [1.165, 1.54) is 0 Å². The van der Waals surface area contributed by atoms with Gasteiger partial charge in [-0.05, 0) is 33.6 Å². The lowest BCUT2D eigenvalue weighted by Crippen LogP contribution is -2.42. The van der Waals surface area contributed by atoms with Gasteiger partial charge in [-0.25, -0.2) is 19.6 Å². The van der Waals surface area contributed by atoms with Gasteiger partial charge in [-0.3, -0.25) is 0 Å². The Morgan fingerprint density at radius 3 is 2.18 bits per heavy atom. The van der Waals surface area contributed by atoms with Gasteiger partial charge in [0.2, 0.25) is 5.82 Å². The molecule has 1 aliphatic rings. The summed E-state index contributed by atoms with van der Waals surface area (Å²) in [7, 11) is 0. The number of alkyl halides is 6. The van der Waals surface area contributed by atoms with Crippen molar-refractivity contribution < 1.29 is 50.3 Å². The van der Waals surface area contributed by atoms with Crippen molar-refractivity contribution in [3.63, 3.8) is 0 Å². The molecule has 39 heavy (non-hydrogen) atoms. The Hall–Kier alpha value is -4.12. The predicted molar refractivity (Wildman–Crippen MR) is 117 cm³/mol. The Balaban J connectivity index is 0.000000293. The summed E-state index contributed by atoms with van der Waals surface area (Å²) in [5, 5.41) is 12.1. The average molecular weight is 567 g/mol. The number of rotatable bonds is 3. The molecule has 0 aromatic carbocycles. The minimum atomic E-state index is -4.58. The fourth-order valence-corrected chi connectivity index (χ4v) is 3.32. The van der Waals surface area contributed by atoms with Crippen LogP contribution in [0.25, 0.3) is 11.7 Å². The molecule has 0 spiro atoms. The molecule has 1 atom stereocenters. The fourth-order valence-electron chi connectivity index (χ4n) is 3.32. The number of amides is 1. The van der Waals surface area contributed by atoms with E-state index in [-0.39, 0.29) is 17.6 Å². The number of nitrogens with zero attached hydrogens (tertiary/aromatic N) is 5. The molecule has 3 aromatic rings. The number of carbonyl (C=O) groups is 2. The minimum absolute atomic E-state index is 0.130. The number of carboxylic acids is 1. The van der Waals surface area contributed by atoms with Gasteiger partial charge < -0.3 is 29.2 Å². The van der Waals surface area contributed by atoms with E-state index >= 15 is 0 Å². The highest BCUT2D eigenvalue weighted by atomic mass is 19.4. The Labute approximate surface area is 215 Å². The van der Waals surface area contributed by atoms with Crippen LogP contribution < -0.4 is 0 Å². The zero-order valence-corrected chi connectivity index (χ0v) is 20.6. The predicted octanol–water partition coefficient (Wildman–Crippen LogP) is 4.72. The van der Waals surface area contributed by atoms with Crippen molar-refractivity contribution >= 4 is 12.1 Å². The molecule has 4 heterocycles. The summed E-state index contributed by atoms with van der Waals surface area (Å²) in [6.45, 7) is 6.27. The Morgan fingerprint density at radius 1 is 1.05 bits per heavy atom. The number of aromatic carboxylic acids is 1. The third-order valence-electron chi connectivity index (χ3n) is 5.05. The number of imidazole rings is 2. The summed E-state index contributed by atoms with van der Waals surface area (Å²) in [5.74, 6) is -2.40. The van der Waals surface area contributed by atoms with Crippen LogP contribution in [0.5, 0.6) is 0 Å². The van der Waals surface area contributed by atoms with Crippen molar-refractivity contribution in [1.82, 2.24) is 35.0 Å². The SMILES string of the molecule is CC(C)(C)OC(=O)N1CCC[C@H](c2noc(-c3ncc(C(F)(F)F)[nH]3)n2)C1.O=C(O)c1ncc(C(F)(F)F)[nH]1. The van der Waals surface area contributed by atoms with Gasteiger partial charge in [0.05, 0.1) is 12.4 Å². The molecular weight excluding hydrogens is 544 g/mol. The Morgan fingerprint density at radius 2 is 1.67 bits per heavy atom. The van der Waals surface area contributed by atoms with E-state index in [4.69, 9.17) is 14.4 Å². The molecule has 3 N–H and O–H groups in total. The van der Waals surface area contributed by atoms with Crippen molar-refractivity contribution in [3.05, 3.63) is 35.4 Å². The molecule has 0 aliphatic carbocycles. The lowest BCUT2D eigenvalue weighted by molar-refractivity contribution is -0.141. The van der Waals surface area contributed by atoms with Crippen molar-refractivity contribution in [2.24, 2.45) is 0 Å². The van der Waals surface area contributed by atoms with Crippen LogP contribution >= 0.6 is 0 Å². The molecular formula is C21H23F6N7O5.